The standard InChI is InChI=1S/C15H21NO3/c1-9(17)8-16(4)15(18)13-7-5-6-12-10(2)11(3)19-14(12)13/h5-7,9-11,17H,8H2,1-4H3. The minimum atomic E-state index is -0.538. The third kappa shape index (κ3) is 2.59. The highest BCUT2D eigenvalue weighted by Gasteiger charge is 2.31. The molecule has 1 aromatic carbocycles. The molecule has 4 nitrogen and oxygen atoms in total. The summed E-state index contributed by atoms with van der Waals surface area (Å²) in [6.45, 7) is 6.09. The largest absolute Gasteiger partial charge is 0.489 e. The van der Waals surface area contributed by atoms with Crippen LogP contribution in [0.5, 0.6) is 5.75 Å². The molecule has 0 fully saturated rings. The van der Waals surface area contributed by atoms with Crippen LogP contribution in [0, 0.1) is 0 Å². The van der Waals surface area contributed by atoms with E-state index in [1.807, 2.05) is 19.1 Å². The molecule has 3 atom stereocenters. The van der Waals surface area contributed by atoms with E-state index >= 15 is 0 Å². The molecule has 4 heteroatoms. The number of rotatable bonds is 3. The molecule has 1 aromatic rings. The fraction of sp³-hybridized carbons (Fsp3) is 0.533. The Morgan fingerprint density at radius 3 is 2.79 bits per heavy atom. The van der Waals surface area contributed by atoms with E-state index in [-0.39, 0.29) is 12.0 Å². The van der Waals surface area contributed by atoms with Crippen molar-refractivity contribution in [3.63, 3.8) is 0 Å². The molecule has 0 aromatic heterocycles. The van der Waals surface area contributed by atoms with Gasteiger partial charge in [-0.1, -0.05) is 19.1 Å². The molecule has 19 heavy (non-hydrogen) atoms. The third-order valence-corrected chi connectivity index (χ3v) is 3.66. The quantitative estimate of drug-likeness (QED) is 0.907. The summed E-state index contributed by atoms with van der Waals surface area (Å²) in [6.07, 6.45) is -0.449. The topological polar surface area (TPSA) is 49.8 Å². The lowest BCUT2D eigenvalue weighted by atomic mass is 9.96. The summed E-state index contributed by atoms with van der Waals surface area (Å²) in [5.41, 5.74) is 1.67. The average molecular weight is 263 g/mol. The van der Waals surface area contributed by atoms with Crippen LogP contribution in [-0.2, 0) is 0 Å². The summed E-state index contributed by atoms with van der Waals surface area (Å²) in [4.78, 5) is 13.9. The fourth-order valence-electron chi connectivity index (χ4n) is 2.44. The van der Waals surface area contributed by atoms with Crippen molar-refractivity contribution in [2.24, 2.45) is 0 Å². The SMILES string of the molecule is CC(O)CN(C)C(=O)c1cccc2c1OC(C)C2C. The minimum absolute atomic E-state index is 0.0889. The van der Waals surface area contributed by atoms with Crippen LogP contribution >= 0.6 is 0 Å². The van der Waals surface area contributed by atoms with Crippen LogP contribution in [0.2, 0.25) is 0 Å². The Hall–Kier alpha value is -1.55. The Kier molecular flexibility index (Phi) is 3.80. The lowest BCUT2D eigenvalue weighted by molar-refractivity contribution is 0.0698. The van der Waals surface area contributed by atoms with Crippen molar-refractivity contribution in [1.29, 1.82) is 0 Å². The molecule has 1 aliphatic heterocycles. The Balaban J connectivity index is 2.30. The van der Waals surface area contributed by atoms with E-state index in [0.29, 0.717) is 23.8 Å². The zero-order valence-electron chi connectivity index (χ0n) is 11.9. The number of likely N-dealkylation sites (N-methyl/N-ethyl adjacent to an activating group) is 1. The summed E-state index contributed by atoms with van der Waals surface area (Å²) in [5, 5.41) is 9.37. The van der Waals surface area contributed by atoms with Gasteiger partial charge >= 0.3 is 0 Å². The maximum absolute atomic E-state index is 12.4. The van der Waals surface area contributed by atoms with Crippen molar-refractivity contribution in [2.75, 3.05) is 13.6 Å². The van der Waals surface area contributed by atoms with Crippen LogP contribution in [-0.4, -0.2) is 41.7 Å². The number of carbonyl (C=O) groups excluding carboxylic acids is 1. The van der Waals surface area contributed by atoms with Crippen molar-refractivity contribution in [3.8, 4) is 5.75 Å². The molecule has 0 spiro atoms. The van der Waals surface area contributed by atoms with Crippen LogP contribution in [0.25, 0.3) is 0 Å². The smallest absolute Gasteiger partial charge is 0.257 e. The number of amides is 1. The molecule has 1 heterocycles. The highest BCUT2D eigenvalue weighted by atomic mass is 16.5. The number of para-hydroxylation sites is 1. The number of nitrogens with zero attached hydrogens (tertiary/aromatic N) is 1. The summed E-state index contributed by atoms with van der Waals surface area (Å²) in [6, 6.07) is 5.68. The molecule has 3 unspecified atom stereocenters. The number of ether oxygens (including phenoxy) is 1. The van der Waals surface area contributed by atoms with Gasteiger partial charge < -0.3 is 14.7 Å². The van der Waals surface area contributed by atoms with Crippen molar-refractivity contribution in [1.82, 2.24) is 4.90 Å². The van der Waals surface area contributed by atoms with Gasteiger partial charge in [0.1, 0.15) is 11.9 Å². The van der Waals surface area contributed by atoms with E-state index in [1.54, 1.807) is 20.0 Å². The molecule has 1 aliphatic rings. The number of hydrogen-bond acceptors (Lipinski definition) is 3. The van der Waals surface area contributed by atoms with E-state index in [0.717, 1.165) is 5.56 Å². The van der Waals surface area contributed by atoms with Crippen molar-refractivity contribution >= 4 is 5.91 Å². The maximum atomic E-state index is 12.4. The molecular weight excluding hydrogens is 242 g/mol. The Labute approximate surface area is 114 Å². The van der Waals surface area contributed by atoms with Crippen LogP contribution < -0.4 is 4.74 Å². The van der Waals surface area contributed by atoms with Crippen molar-refractivity contribution in [3.05, 3.63) is 29.3 Å². The van der Waals surface area contributed by atoms with Gasteiger partial charge in [-0.25, -0.2) is 0 Å². The lowest BCUT2D eigenvalue weighted by Crippen LogP contribution is -2.33. The van der Waals surface area contributed by atoms with E-state index in [9.17, 15) is 9.90 Å². The molecule has 104 valence electrons. The molecule has 0 saturated carbocycles. The van der Waals surface area contributed by atoms with Gasteiger partial charge in [-0.2, -0.15) is 0 Å². The van der Waals surface area contributed by atoms with E-state index in [1.165, 1.54) is 4.90 Å². The van der Waals surface area contributed by atoms with Crippen LogP contribution in [0.15, 0.2) is 18.2 Å². The third-order valence-electron chi connectivity index (χ3n) is 3.66. The van der Waals surface area contributed by atoms with Gasteiger partial charge in [0.25, 0.3) is 5.91 Å². The first-order valence-corrected chi connectivity index (χ1v) is 6.65. The zero-order valence-corrected chi connectivity index (χ0v) is 11.9. The van der Waals surface area contributed by atoms with Crippen LogP contribution in [0.4, 0.5) is 0 Å². The summed E-state index contributed by atoms with van der Waals surface area (Å²) in [7, 11) is 1.69. The number of aliphatic hydroxyl groups excluding tert-OH is 1. The predicted molar refractivity (Wildman–Crippen MR) is 73.6 cm³/mol. The Bertz CT molecular complexity index is 484. The normalized spacial score (nSPS) is 22.6. The van der Waals surface area contributed by atoms with Gasteiger partial charge in [0.2, 0.25) is 0 Å². The predicted octanol–water partition coefficient (Wildman–Crippen LogP) is 2.02. The number of hydrogen-bond donors (Lipinski definition) is 1. The fourth-order valence-corrected chi connectivity index (χ4v) is 2.44. The second-order valence-corrected chi connectivity index (χ2v) is 5.37. The average Bonchev–Trinajstić information content (AvgIpc) is 2.64. The van der Waals surface area contributed by atoms with Gasteiger partial charge in [-0.15, -0.1) is 0 Å². The number of aliphatic hydroxyl groups is 1. The zero-order chi connectivity index (χ0) is 14.2. The highest BCUT2D eigenvalue weighted by Crippen LogP contribution is 2.40. The minimum Gasteiger partial charge on any atom is -0.489 e. The number of fused-ring (bicyclic) bond motifs is 1. The van der Waals surface area contributed by atoms with E-state index < -0.39 is 6.10 Å². The van der Waals surface area contributed by atoms with Crippen molar-refractivity contribution in [2.45, 2.75) is 38.9 Å². The number of carbonyl (C=O) groups is 1. The molecule has 2 rings (SSSR count). The first kappa shape index (κ1) is 13.9. The first-order valence-electron chi connectivity index (χ1n) is 6.65. The lowest BCUT2D eigenvalue weighted by Gasteiger charge is -2.20. The Morgan fingerprint density at radius 1 is 1.47 bits per heavy atom. The van der Waals surface area contributed by atoms with Gasteiger partial charge in [0.15, 0.2) is 0 Å². The van der Waals surface area contributed by atoms with Crippen LogP contribution in [0.1, 0.15) is 42.6 Å². The molecule has 0 radical (unpaired) electrons. The maximum Gasteiger partial charge on any atom is 0.257 e. The van der Waals surface area contributed by atoms with Gasteiger partial charge in [-0.3, -0.25) is 4.79 Å². The molecular formula is C15H21NO3. The summed E-state index contributed by atoms with van der Waals surface area (Å²) < 4.78 is 5.82. The summed E-state index contributed by atoms with van der Waals surface area (Å²) >= 11 is 0. The molecule has 0 bridgehead atoms. The first-order chi connectivity index (χ1) is 8.91. The molecule has 1 N–H and O–H groups in total. The van der Waals surface area contributed by atoms with Crippen molar-refractivity contribution < 1.29 is 14.6 Å². The Morgan fingerprint density at radius 2 is 2.16 bits per heavy atom. The molecule has 0 aliphatic carbocycles. The summed E-state index contributed by atoms with van der Waals surface area (Å²) in [5.74, 6) is 0.883. The van der Waals surface area contributed by atoms with E-state index in [2.05, 4.69) is 6.92 Å². The second kappa shape index (κ2) is 5.21. The van der Waals surface area contributed by atoms with Crippen LogP contribution in [0.3, 0.4) is 0 Å². The van der Waals surface area contributed by atoms with Gasteiger partial charge in [-0.05, 0) is 19.9 Å². The second-order valence-electron chi connectivity index (χ2n) is 5.37. The highest BCUT2D eigenvalue weighted by molar-refractivity contribution is 5.97. The van der Waals surface area contributed by atoms with Gasteiger partial charge in [0, 0.05) is 25.1 Å². The molecule has 1 amide bonds. The van der Waals surface area contributed by atoms with Gasteiger partial charge in [0.05, 0.1) is 11.7 Å². The monoisotopic (exact) mass is 263 g/mol. The van der Waals surface area contributed by atoms with E-state index in [4.69, 9.17) is 4.74 Å². The molecule has 0 saturated heterocycles. The number of benzene rings is 1.